The summed E-state index contributed by atoms with van der Waals surface area (Å²) in [4.78, 5) is 18.1. The molecule has 1 aromatic carbocycles. The normalized spacial score (nSPS) is 14.0. The molecule has 6 nitrogen and oxygen atoms in total. The van der Waals surface area contributed by atoms with Crippen molar-refractivity contribution in [2.45, 2.75) is 13.1 Å². The van der Waals surface area contributed by atoms with Gasteiger partial charge in [0.2, 0.25) is 0 Å². The summed E-state index contributed by atoms with van der Waals surface area (Å²) in [7, 11) is 0. The molecule has 2 heterocycles. The van der Waals surface area contributed by atoms with Gasteiger partial charge in [0.25, 0.3) is 0 Å². The topological polar surface area (TPSA) is 76.2 Å². The number of hydrogen-bond acceptors (Lipinski definition) is 3. The first-order valence-corrected chi connectivity index (χ1v) is 6.14. The number of carbonyl (C=O) groups is 1. The fourth-order valence-corrected chi connectivity index (χ4v) is 2.17. The zero-order valence-electron chi connectivity index (χ0n) is 10.4. The van der Waals surface area contributed by atoms with E-state index in [2.05, 4.69) is 14.9 Å². The molecule has 3 N–H and O–H groups in total. The molecule has 1 aliphatic rings. The average molecular weight is 257 g/mol. The van der Waals surface area contributed by atoms with Crippen molar-refractivity contribution in [1.82, 2.24) is 14.5 Å². The SMILES string of the molecule is Nc1cccc(NC(=O)N2CCn3ccnc3C2)c1. The molecule has 0 aliphatic carbocycles. The number of nitrogens with one attached hydrogen (secondary N) is 1. The Morgan fingerprint density at radius 2 is 2.26 bits per heavy atom. The molecular weight excluding hydrogens is 242 g/mol. The fourth-order valence-electron chi connectivity index (χ4n) is 2.17. The van der Waals surface area contributed by atoms with Crippen LogP contribution in [0.25, 0.3) is 0 Å². The minimum Gasteiger partial charge on any atom is -0.399 e. The summed E-state index contributed by atoms with van der Waals surface area (Å²) >= 11 is 0. The van der Waals surface area contributed by atoms with Crippen LogP contribution in [0, 0.1) is 0 Å². The molecule has 0 spiro atoms. The number of carbonyl (C=O) groups excluding carboxylic acids is 1. The number of imidazole rings is 1. The maximum atomic E-state index is 12.1. The first kappa shape index (κ1) is 11.6. The van der Waals surface area contributed by atoms with Crippen molar-refractivity contribution < 1.29 is 4.79 Å². The third-order valence-electron chi connectivity index (χ3n) is 3.17. The third kappa shape index (κ3) is 2.37. The van der Waals surface area contributed by atoms with Crippen molar-refractivity contribution in [2.24, 2.45) is 0 Å². The number of aromatic nitrogens is 2. The van der Waals surface area contributed by atoms with Crippen LogP contribution in [-0.4, -0.2) is 27.0 Å². The van der Waals surface area contributed by atoms with E-state index in [1.807, 2.05) is 18.3 Å². The fraction of sp³-hybridized carbons (Fsp3) is 0.231. The van der Waals surface area contributed by atoms with E-state index >= 15 is 0 Å². The first-order chi connectivity index (χ1) is 9.22. The summed E-state index contributed by atoms with van der Waals surface area (Å²) in [6.07, 6.45) is 3.69. The summed E-state index contributed by atoms with van der Waals surface area (Å²) < 4.78 is 2.06. The third-order valence-corrected chi connectivity index (χ3v) is 3.17. The van der Waals surface area contributed by atoms with Crippen LogP contribution in [0.5, 0.6) is 0 Å². The highest BCUT2D eigenvalue weighted by Crippen LogP contribution is 2.15. The smallest absolute Gasteiger partial charge is 0.322 e. The summed E-state index contributed by atoms with van der Waals surface area (Å²) in [5.41, 5.74) is 7.02. The molecule has 0 radical (unpaired) electrons. The first-order valence-electron chi connectivity index (χ1n) is 6.14. The highest BCUT2D eigenvalue weighted by Gasteiger charge is 2.20. The van der Waals surface area contributed by atoms with Crippen LogP contribution in [-0.2, 0) is 13.1 Å². The lowest BCUT2D eigenvalue weighted by molar-refractivity contribution is 0.195. The molecule has 0 saturated heterocycles. The molecule has 3 rings (SSSR count). The molecule has 19 heavy (non-hydrogen) atoms. The lowest BCUT2D eigenvalue weighted by Crippen LogP contribution is -2.40. The van der Waals surface area contributed by atoms with Crippen molar-refractivity contribution in [2.75, 3.05) is 17.6 Å². The predicted octanol–water partition coefficient (Wildman–Crippen LogP) is 1.51. The summed E-state index contributed by atoms with van der Waals surface area (Å²) in [6.45, 7) is 1.98. The van der Waals surface area contributed by atoms with E-state index in [-0.39, 0.29) is 6.03 Å². The van der Waals surface area contributed by atoms with Crippen LogP contribution in [0.2, 0.25) is 0 Å². The lowest BCUT2D eigenvalue weighted by atomic mass is 10.3. The van der Waals surface area contributed by atoms with Gasteiger partial charge in [-0.05, 0) is 18.2 Å². The number of urea groups is 1. The second kappa shape index (κ2) is 4.64. The maximum absolute atomic E-state index is 12.1. The number of benzene rings is 1. The van der Waals surface area contributed by atoms with E-state index in [1.165, 1.54) is 0 Å². The predicted molar refractivity (Wildman–Crippen MR) is 72.5 cm³/mol. The highest BCUT2D eigenvalue weighted by molar-refractivity contribution is 5.89. The largest absolute Gasteiger partial charge is 0.399 e. The molecule has 0 unspecified atom stereocenters. The monoisotopic (exact) mass is 257 g/mol. The van der Waals surface area contributed by atoms with Gasteiger partial charge in [-0.2, -0.15) is 0 Å². The Morgan fingerprint density at radius 1 is 1.37 bits per heavy atom. The zero-order chi connectivity index (χ0) is 13.2. The minimum atomic E-state index is -0.125. The van der Waals surface area contributed by atoms with Gasteiger partial charge in [0, 0.05) is 36.9 Å². The van der Waals surface area contributed by atoms with Gasteiger partial charge in [-0.25, -0.2) is 9.78 Å². The molecule has 1 aromatic heterocycles. The molecule has 0 saturated carbocycles. The molecule has 0 bridgehead atoms. The van der Waals surface area contributed by atoms with Crippen LogP contribution in [0.4, 0.5) is 16.2 Å². The number of nitrogens with two attached hydrogens (primary N) is 1. The Morgan fingerprint density at radius 3 is 3.11 bits per heavy atom. The van der Waals surface area contributed by atoms with E-state index in [0.29, 0.717) is 24.5 Å². The quantitative estimate of drug-likeness (QED) is 0.760. The lowest BCUT2D eigenvalue weighted by Gasteiger charge is -2.27. The molecule has 98 valence electrons. The number of anilines is 2. The average Bonchev–Trinajstić information content (AvgIpc) is 2.85. The number of nitrogens with zero attached hydrogens (tertiary/aromatic N) is 3. The molecule has 2 aromatic rings. The number of rotatable bonds is 1. The zero-order valence-corrected chi connectivity index (χ0v) is 10.4. The van der Waals surface area contributed by atoms with E-state index in [1.54, 1.807) is 23.2 Å². The molecule has 0 atom stereocenters. The van der Waals surface area contributed by atoms with Gasteiger partial charge in [0.15, 0.2) is 0 Å². The minimum absolute atomic E-state index is 0.125. The Bertz CT molecular complexity index is 607. The maximum Gasteiger partial charge on any atom is 0.322 e. The molecule has 2 amide bonds. The van der Waals surface area contributed by atoms with Crippen LogP contribution >= 0.6 is 0 Å². The second-order valence-electron chi connectivity index (χ2n) is 4.51. The highest BCUT2D eigenvalue weighted by atomic mass is 16.2. The van der Waals surface area contributed by atoms with Gasteiger partial charge in [-0.1, -0.05) is 6.07 Å². The van der Waals surface area contributed by atoms with Crippen LogP contribution < -0.4 is 11.1 Å². The second-order valence-corrected chi connectivity index (χ2v) is 4.51. The van der Waals surface area contributed by atoms with Crippen molar-refractivity contribution in [1.29, 1.82) is 0 Å². The van der Waals surface area contributed by atoms with Gasteiger partial charge in [-0.3, -0.25) is 0 Å². The summed E-state index contributed by atoms with van der Waals surface area (Å²) in [5.74, 6) is 0.911. The summed E-state index contributed by atoms with van der Waals surface area (Å²) in [5, 5.41) is 2.85. The van der Waals surface area contributed by atoms with Crippen LogP contribution in [0.15, 0.2) is 36.7 Å². The molecule has 1 aliphatic heterocycles. The number of amides is 2. The van der Waals surface area contributed by atoms with Crippen LogP contribution in [0.1, 0.15) is 5.82 Å². The Hall–Kier alpha value is -2.50. The van der Waals surface area contributed by atoms with E-state index in [0.717, 1.165) is 12.4 Å². The number of hydrogen-bond donors (Lipinski definition) is 2. The van der Waals surface area contributed by atoms with Gasteiger partial charge in [0.1, 0.15) is 5.82 Å². The van der Waals surface area contributed by atoms with E-state index in [9.17, 15) is 4.79 Å². The molecule has 6 heteroatoms. The molecular formula is C13H15N5O. The Balaban J connectivity index is 1.69. The van der Waals surface area contributed by atoms with Crippen molar-refractivity contribution >= 4 is 17.4 Å². The van der Waals surface area contributed by atoms with E-state index < -0.39 is 0 Å². The van der Waals surface area contributed by atoms with Gasteiger partial charge < -0.3 is 20.5 Å². The van der Waals surface area contributed by atoms with Gasteiger partial charge in [0.05, 0.1) is 6.54 Å². The Kier molecular flexibility index (Phi) is 2.83. The van der Waals surface area contributed by atoms with Crippen molar-refractivity contribution in [3.63, 3.8) is 0 Å². The van der Waals surface area contributed by atoms with E-state index in [4.69, 9.17) is 5.73 Å². The number of fused-ring (bicyclic) bond motifs is 1. The molecule has 0 fully saturated rings. The number of nitrogen functional groups attached to an aromatic ring is 1. The standard InChI is InChI=1S/C13H15N5O/c14-10-2-1-3-11(8-10)16-13(19)18-7-6-17-5-4-15-12(17)9-18/h1-5,8H,6-7,9,14H2,(H,16,19). The van der Waals surface area contributed by atoms with Gasteiger partial charge in [-0.15, -0.1) is 0 Å². The van der Waals surface area contributed by atoms with Crippen LogP contribution in [0.3, 0.4) is 0 Å². The van der Waals surface area contributed by atoms with Crippen molar-refractivity contribution in [3.8, 4) is 0 Å². The van der Waals surface area contributed by atoms with Crippen molar-refractivity contribution in [3.05, 3.63) is 42.5 Å². The summed E-state index contributed by atoms with van der Waals surface area (Å²) in [6, 6.07) is 7.03. The Labute approximate surface area is 110 Å². The van der Waals surface area contributed by atoms with Gasteiger partial charge >= 0.3 is 6.03 Å².